The Kier molecular flexibility index (Phi) is 8.57. The summed E-state index contributed by atoms with van der Waals surface area (Å²) in [7, 11) is 0. The molecule has 6 nitrogen and oxygen atoms in total. The van der Waals surface area contributed by atoms with Crippen molar-refractivity contribution in [3.63, 3.8) is 0 Å². The molecular formula is C24H32IN5O. The van der Waals surface area contributed by atoms with E-state index < -0.39 is 0 Å². The molecule has 31 heavy (non-hydrogen) atoms. The van der Waals surface area contributed by atoms with Crippen LogP contribution in [0.25, 0.3) is 0 Å². The van der Waals surface area contributed by atoms with Crippen molar-refractivity contribution in [3.05, 3.63) is 60.2 Å². The number of carbonyl (C=O) groups excluding carboxylic acids is 1. The van der Waals surface area contributed by atoms with Crippen LogP contribution in [0.15, 0.2) is 59.6 Å². The third kappa shape index (κ3) is 6.12. The number of fused-ring (bicyclic) bond motifs is 1. The van der Waals surface area contributed by atoms with E-state index in [4.69, 9.17) is 4.99 Å². The second kappa shape index (κ2) is 11.4. The van der Waals surface area contributed by atoms with Gasteiger partial charge in [-0.15, -0.1) is 24.0 Å². The zero-order chi connectivity index (χ0) is 20.8. The van der Waals surface area contributed by atoms with Gasteiger partial charge in [-0.3, -0.25) is 9.79 Å². The monoisotopic (exact) mass is 533 g/mol. The molecule has 2 aliphatic rings. The van der Waals surface area contributed by atoms with Crippen molar-refractivity contribution in [1.82, 2.24) is 10.6 Å². The van der Waals surface area contributed by atoms with Gasteiger partial charge in [0.1, 0.15) is 0 Å². The van der Waals surface area contributed by atoms with Crippen LogP contribution < -0.4 is 20.9 Å². The van der Waals surface area contributed by atoms with E-state index in [0.29, 0.717) is 18.9 Å². The number of nitrogens with zero attached hydrogens (tertiary/aromatic N) is 2. The first kappa shape index (κ1) is 23.4. The van der Waals surface area contributed by atoms with Gasteiger partial charge in [-0.05, 0) is 43.0 Å². The van der Waals surface area contributed by atoms with Crippen molar-refractivity contribution in [1.29, 1.82) is 0 Å². The van der Waals surface area contributed by atoms with Gasteiger partial charge in [0, 0.05) is 56.4 Å². The van der Waals surface area contributed by atoms with E-state index >= 15 is 0 Å². The second-order valence-electron chi connectivity index (χ2n) is 8.07. The van der Waals surface area contributed by atoms with Crippen LogP contribution in [0.1, 0.15) is 31.2 Å². The summed E-state index contributed by atoms with van der Waals surface area (Å²) in [5.74, 6) is 1.62. The Morgan fingerprint density at radius 3 is 2.71 bits per heavy atom. The summed E-state index contributed by atoms with van der Waals surface area (Å²) in [6, 6.07) is 18.7. The Hall–Kier alpha value is -2.29. The van der Waals surface area contributed by atoms with Crippen LogP contribution in [0, 0.1) is 5.92 Å². The first-order valence-corrected chi connectivity index (χ1v) is 10.9. The normalized spacial score (nSPS) is 20.5. The minimum absolute atomic E-state index is 0. The van der Waals surface area contributed by atoms with Crippen molar-refractivity contribution >= 4 is 47.2 Å². The maximum atomic E-state index is 12.1. The third-order valence-corrected chi connectivity index (χ3v) is 5.88. The van der Waals surface area contributed by atoms with Gasteiger partial charge in [-0.2, -0.15) is 0 Å². The number of amides is 1. The van der Waals surface area contributed by atoms with E-state index in [1.54, 1.807) is 0 Å². The molecule has 4 rings (SSSR count). The molecule has 7 heteroatoms. The summed E-state index contributed by atoms with van der Waals surface area (Å²) >= 11 is 0. The Labute approximate surface area is 201 Å². The average molecular weight is 533 g/mol. The number of hydrogen-bond donors (Lipinski definition) is 3. The van der Waals surface area contributed by atoms with Crippen molar-refractivity contribution in [3.8, 4) is 0 Å². The van der Waals surface area contributed by atoms with Gasteiger partial charge in [-0.25, -0.2) is 0 Å². The fourth-order valence-corrected chi connectivity index (χ4v) is 4.32. The highest BCUT2D eigenvalue weighted by molar-refractivity contribution is 14.0. The molecule has 1 saturated heterocycles. The largest absolute Gasteiger partial charge is 0.371 e. The highest BCUT2D eigenvalue weighted by Crippen LogP contribution is 2.31. The Balaban J connectivity index is 0.00000272. The van der Waals surface area contributed by atoms with E-state index in [0.717, 1.165) is 44.2 Å². The van der Waals surface area contributed by atoms with Gasteiger partial charge in [0.2, 0.25) is 5.91 Å². The summed E-state index contributed by atoms with van der Waals surface area (Å²) in [6.07, 6.45) is 1.66. The number of hydrogen-bond acceptors (Lipinski definition) is 3. The van der Waals surface area contributed by atoms with Gasteiger partial charge in [0.15, 0.2) is 5.96 Å². The lowest BCUT2D eigenvalue weighted by Gasteiger charge is -2.26. The van der Waals surface area contributed by atoms with Gasteiger partial charge in [-0.1, -0.05) is 36.4 Å². The molecule has 0 radical (unpaired) electrons. The lowest BCUT2D eigenvalue weighted by molar-refractivity contribution is -0.116. The van der Waals surface area contributed by atoms with E-state index in [-0.39, 0.29) is 35.8 Å². The van der Waals surface area contributed by atoms with Crippen LogP contribution >= 0.6 is 24.0 Å². The molecule has 0 aliphatic carbocycles. The fraction of sp³-hybridized carbons (Fsp3) is 0.417. The zero-order valence-electron chi connectivity index (χ0n) is 18.0. The van der Waals surface area contributed by atoms with Crippen LogP contribution in [0.2, 0.25) is 0 Å². The van der Waals surface area contributed by atoms with E-state index in [9.17, 15) is 4.79 Å². The first-order valence-electron chi connectivity index (χ1n) is 10.9. The van der Waals surface area contributed by atoms with Crippen molar-refractivity contribution in [2.45, 2.75) is 25.7 Å². The molecule has 0 aromatic heterocycles. The quantitative estimate of drug-likeness (QED) is 0.300. The van der Waals surface area contributed by atoms with Crippen LogP contribution in [0.5, 0.6) is 0 Å². The Morgan fingerprint density at radius 2 is 1.90 bits per heavy atom. The molecule has 166 valence electrons. The standard InChI is InChI=1S/C24H31N5O.HI/c1-2-25-24(26-15-18-12-13-29(17-18)20-8-4-3-5-9-20)27-16-19-14-23(30)28-22-11-7-6-10-21(19)22;/h3-11,18-19H,2,12-17H2,1H3,(H,28,30)(H2,25,26,27);1H. The van der Waals surface area contributed by atoms with E-state index in [1.165, 1.54) is 11.3 Å². The number of benzene rings is 2. The maximum absolute atomic E-state index is 12.1. The van der Waals surface area contributed by atoms with E-state index in [1.807, 2.05) is 18.2 Å². The molecule has 2 atom stereocenters. The van der Waals surface area contributed by atoms with Gasteiger partial charge in [0.25, 0.3) is 0 Å². The minimum atomic E-state index is 0. The fourth-order valence-electron chi connectivity index (χ4n) is 4.32. The van der Waals surface area contributed by atoms with Crippen molar-refractivity contribution in [2.24, 2.45) is 10.9 Å². The van der Waals surface area contributed by atoms with Crippen molar-refractivity contribution in [2.75, 3.05) is 42.9 Å². The van der Waals surface area contributed by atoms with Crippen LogP contribution in [0.4, 0.5) is 11.4 Å². The SMILES string of the molecule is CCNC(=NCC1CCN(c2ccccc2)C1)NCC1CC(=O)Nc2ccccc21.I. The minimum Gasteiger partial charge on any atom is -0.371 e. The third-order valence-electron chi connectivity index (χ3n) is 5.88. The first-order chi connectivity index (χ1) is 14.7. The number of rotatable bonds is 6. The Bertz CT molecular complexity index is 889. The summed E-state index contributed by atoms with van der Waals surface area (Å²) in [6.45, 7) is 6.52. The molecule has 2 aliphatic heterocycles. The number of nitrogens with one attached hydrogen (secondary N) is 3. The lowest BCUT2D eigenvalue weighted by atomic mass is 9.90. The predicted octanol–water partition coefficient (Wildman–Crippen LogP) is 3.81. The van der Waals surface area contributed by atoms with Gasteiger partial charge >= 0.3 is 0 Å². The molecule has 2 heterocycles. The van der Waals surface area contributed by atoms with Gasteiger partial charge in [0.05, 0.1) is 0 Å². The summed E-state index contributed by atoms with van der Waals surface area (Å²) in [4.78, 5) is 19.4. The maximum Gasteiger partial charge on any atom is 0.225 e. The number of aliphatic imine (C=N–C) groups is 1. The number of carbonyl (C=O) groups is 1. The van der Waals surface area contributed by atoms with Gasteiger partial charge < -0.3 is 20.9 Å². The molecule has 3 N–H and O–H groups in total. The van der Waals surface area contributed by atoms with Crippen LogP contribution in [-0.4, -0.2) is 44.6 Å². The number of halogens is 1. The molecule has 1 amide bonds. The second-order valence-corrected chi connectivity index (χ2v) is 8.07. The molecule has 0 bridgehead atoms. The average Bonchev–Trinajstić information content (AvgIpc) is 3.25. The van der Waals surface area contributed by atoms with Crippen molar-refractivity contribution < 1.29 is 4.79 Å². The van der Waals surface area contributed by atoms with Crippen LogP contribution in [-0.2, 0) is 4.79 Å². The summed E-state index contributed by atoms with van der Waals surface area (Å²) in [5, 5.41) is 9.78. The molecular weight excluding hydrogens is 501 g/mol. The number of anilines is 2. The predicted molar refractivity (Wildman–Crippen MR) is 139 cm³/mol. The highest BCUT2D eigenvalue weighted by Gasteiger charge is 2.25. The smallest absolute Gasteiger partial charge is 0.225 e. The molecule has 2 unspecified atom stereocenters. The number of guanidine groups is 1. The summed E-state index contributed by atoms with van der Waals surface area (Å²) < 4.78 is 0. The zero-order valence-corrected chi connectivity index (χ0v) is 20.3. The topological polar surface area (TPSA) is 68.8 Å². The lowest BCUT2D eigenvalue weighted by Crippen LogP contribution is -2.41. The number of para-hydroxylation sites is 2. The molecule has 0 saturated carbocycles. The van der Waals surface area contributed by atoms with Crippen LogP contribution in [0.3, 0.4) is 0 Å². The van der Waals surface area contributed by atoms with E-state index in [2.05, 4.69) is 64.2 Å². The molecule has 2 aromatic carbocycles. The highest BCUT2D eigenvalue weighted by atomic mass is 127. The molecule has 1 fully saturated rings. The summed E-state index contributed by atoms with van der Waals surface area (Å²) in [5.41, 5.74) is 3.41. The Morgan fingerprint density at radius 1 is 1.13 bits per heavy atom. The molecule has 2 aromatic rings. The molecule has 0 spiro atoms.